The third kappa shape index (κ3) is 3.00. The van der Waals surface area contributed by atoms with Crippen LogP contribution in [-0.4, -0.2) is 24.5 Å². The Morgan fingerprint density at radius 3 is 2.70 bits per heavy atom. The molecule has 0 spiro atoms. The van der Waals surface area contributed by atoms with E-state index in [-0.39, 0.29) is 9.77 Å². The molecular weight excluding hydrogens is 368 g/mol. The first kappa shape index (κ1) is 14.9. The number of aryl methyl sites for hydroxylation is 1. The molecule has 6 nitrogen and oxygen atoms in total. The molecule has 9 heteroatoms. The van der Waals surface area contributed by atoms with Crippen molar-refractivity contribution in [1.29, 1.82) is 0 Å². The third-order valence-electron chi connectivity index (χ3n) is 2.41. The lowest BCUT2D eigenvalue weighted by Gasteiger charge is -2.09. The fourth-order valence-corrected chi connectivity index (χ4v) is 4.28. The van der Waals surface area contributed by atoms with Crippen molar-refractivity contribution in [1.82, 2.24) is 4.98 Å². The standard InChI is InChI=1S/C11H9BrN2O4S2/c1-6-7(2-3-9(12)13-6)14-20(17,18)8-4-5-19-10(8)11(15)16/h2-5,14H,1H3,(H,15,16). The van der Waals surface area contributed by atoms with E-state index in [0.717, 1.165) is 11.3 Å². The second-order valence-corrected chi connectivity index (χ2v) is 7.17. The number of thiophene rings is 1. The Balaban J connectivity index is 2.41. The molecule has 0 saturated heterocycles. The Hall–Kier alpha value is -1.45. The zero-order valence-electron chi connectivity index (χ0n) is 10.1. The van der Waals surface area contributed by atoms with Gasteiger partial charge in [-0.1, -0.05) is 0 Å². The van der Waals surface area contributed by atoms with Gasteiger partial charge in [0.1, 0.15) is 14.4 Å². The van der Waals surface area contributed by atoms with Crippen LogP contribution in [0.2, 0.25) is 0 Å². The van der Waals surface area contributed by atoms with E-state index in [1.807, 2.05) is 0 Å². The van der Waals surface area contributed by atoms with Gasteiger partial charge in [0.15, 0.2) is 0 Å². The predicted octanol–water partition coefficient (Wildman–Crippen LogP) is 2.71. The van der Waals surface area contributed by atoms with E-state index >= 15 is 0 Å². The van der Waals surface area contributed by atoms with Gasteiger partial charge in [-0.2, -0.15) is 0 Å². The van der Waals surface area contributed by atoms with Crippen LogP contribution in [0.5, 0.6) is 0 Å². The lowest BCUT2D eigenvalue weighted by atomic mass is 10.3. The highest BCUT2D eigenvalue weighted by Gasteiger charge is 2.24. The molecule has 20 heavy (non-hydrogen) atoms. The molecule has 0 aliphatic rings. The molecule has 2 aromatic heterocycles. The molecule has 0 saturated carbocycles. The van der Waals surface area contributed by atoms with Crippen molar-refractivity contribution in [2.75, 3.05) is 4.72 Å². The van der Waals surface area contributed by atoms with Crippen LogP contribution < -0.4 is 4.72 Å². The van der Waals surface area contributed by atoms with Crippen LogP contribution in [0, 0.1) is 6.92 Å². The first-order valence-electron chi connectivity index (χ1n) is 5.28. The molecule has 0 aliphatic carbocycles. The zero-order chi connectivity index (χ0) is 14.9. The lowest BCUT2D eigenvalue weighted by molar-refractivity contribution is 0.0698. The fourth-order valence-electron chi connectivity index (χ4n) is 1.50. The highest BCUT2D eigenvalue weighted by molar-refractivity contribution is 9.10. The largest absolute Gasteiger partial charge is 0.477 e. The van der Waals surface area contributed by atoms with E-state index < -0.39 is 16.0 Å². The molecule has 0 aliphatic heterocycles. The molecule has 2 rings (SSSR count). The number of hydrogen-bond acceptors (Lipinski definition) is 5. The number of hydrogen-bond donors (Lipinski definition) is 2. The number of carboxylic acids is 1. The van der Waals surface area contributed by atoms with Crippen molar-refractivity contribution in [2.24, 2.45) is 0 Å². The van der Waals surface area contributed by atoms with Crippen molar-refractivity contribution in [3.8, 4) is 0 Å². The average Bonchev–Trinajstić information content (AvgIpc) is 2.82. The Morgan fingerprint density at radius 1 is 1.40 bits per heavy atom. The average molecular weight is 377 g/mol. The van der Waals surface area contributed by atoms with Gasteiger partial charge in [-0.25, -0.2) is 18.2 Å². The van der Waals surface area contributed by atoms with E-state index in [0.29, 0.717) is 16.0 Å². The van der Waals surface area contributed by atoms with E-state index in [9.17, 15) is 13.2 Å². The lowest BCUT2D eigenvalue weighted by Crippen LogP contribution is -2.16. The van der Waals surface area contributed by atoms with Crippen LogP contribution in [0.4, 0.5) is 5.69 Å². The summed E-state index contributed by atoms with van der Waals surface area (Å²) in [4.78, 5) is 14.6. The maximum atomic E-state index is 12.2. The minimum atomic E-state index is -3.96. The summed E-state index contributed by atoms with van der Waals surface area (Å²) in [6.07, 6.45) is 0. The highest BCUT2D eigenvalue weighted by atomic mass is 79.9. The molecule has 2 N–H and O–H groups in total. The van der Waals surface area contributed by atoms with Gasteiger partial charge in [0.2, 0.25) is 0 Å². The van der Waals surface area contributed by atoms with Gasteiger partial charge >= 0.3 is 5.97 Å². The molecule has 0 amide bonds. The highest BCUT2D eigenvalue weighted by Crippen LogP contribution is 2.25. The van der Waals surface area contributed by atoms with Crippen molar-refractivity contribution in [3.63, 3.8) is 0 Å². The smallest absolute Gasteiger partial charge is 0.347 e. The van der Waals surface area contributed by atoms with E-state index in [1.54, 1.807) is 19.1 Å². The molecule has 106 valence electrons. The second kappa shape index (κ2) is 5.51. The van der Waals surface area contributed by atoms with Crippen LogP contribution in [0.25, 0.3) is 0 Å². The van der Waals surface area contributed by atoms with E-state index in [1.165, 1.54) is 11.4 Å². The minimum Gasteiger partial charge on any atom is -0.477 e. The number of nitrogens with one attached hydrogen (secondary N) is 1. The maximum absolute atomic E-state index is 12.2. The molecule has 2 aromatic rings. The number of sulfonamides is 1. The summed E-state index contributed by atoms with van der Waals surface area (Å²) in [6.45, 7) is 1.65. The molecule has 0 bridgehead atoms. The molecule has 2 heterocycles. The van der Waals surface area contributed by atoms with Crippen LogP contribution >= 0.6 is 27.3 Å². The van der Waals surface area contributed by atoms with Gasteiger partial charge in [-0.05, 0) is 46.4 Å². The molecule has 0 aromatic carbocycles. The van der Waals surface area contributed by atoms with E-state index in [2.05, 4.69) is 25.6 Å². The number of halogens is 1. The topological polar surface area (TPSA) is 96.4 Å². The van der Waals surface area contributed by atoms with Gasteiger partial charge in [0.05, 0.1) is 11.4 Å². The number of pyridine rings is 1. The van der Waals surface area contributed by atoms with Crippen LogP contribution in [0.15, 0.2) is 33.1 Å². The molecule has 0 atom stereocenters. The zero-order valence-corrected chi connectivity index (χ0v) is 13.3. The number of carbonyl (C=O) groups is 1. The van der Waals surface area contributed by atoms with Crippen LogP contribution in [0.1, 0.15) is 15.4 Å². The second-order valence-electron chi connectivity index (χ2n) is 3.79. The summed E-state index contributed by atoms with van der Waals surface area (Å²) in [5, 5.41) is 10.4. The minimum absolute atomic E-state index is 0.222. The van der Waals surface area contributed by atoms with Gasteiger partial charge in [0, 0.05) is 0 Å². The third-order valence-corrected chi connectivity index (χ3v) is 5.29. The normalized spacial score (nSPS) is 11.3. The number of aromatic carboxylic acids is 1. The Kier molecular flexibility index (Phi) is 4.11. The quantitative estimate of drug-likeness (QED) is 0.799. The first-order chi connectivity index (χ1) is 9.31. The summed E-state index contributed by atoms with van der Waals surface area (Å²) in [7, 11) is -3.96. The number of carboxylic acid groups (broad SMARTS) is 1. The van der Waals surface area contributed by atoms with Gasteiger partial charge in [-0.3, -0.25) is 4.72 Å². The van der Waals surface area contributed by atoms with Crippen molar-refractivity contribution in [3.05, 3.63) is 38.8 Å². The Bertz CT molecular complexity index is 770. The predicted molar refractivity (Wildman–Crippen MR) is 78.8 cm³/mol. The Labute approximate surface area is 127 Å². The number of nitrogens with zero attached hydrogens (tertiary/aromatic N) is 1. The molecule has 0 radical (unpaired) electrons. The fraction of sp³-hybridized carbons (Fsp3) is 0.0909. The monoisotopic (exact) mass is 376 g/mol. The summed E-state index contributed by atoms with van der Waals surface area (Å²) >= 11 is 4.04. The summed E-state index contributed by atoms with van der Waals surface area (Å²) < 4.78 is 27.4. The SMILES string of the molecule is Cc1nc(Br)ccc1NS(=O)(=O)c1ccsc1C(=O)O. The van der Waals surface area contributed by atoms with Crippen LogP contribution in [-0.2, 0) is 10.0 Å². The Morgan fingerprint density at radius 2 is 2.10 bits per heavy atom. The van der Waals surface area contributed by atoms with E-state index in [4.69, 9.17) is 5.11 Å². The molecule has 0 unspecified atom stereocenters. The van der Waals surface area contributed by atoms with Crippen LogP contribution in [0.3, 0.4) is 0 Å². The van der Waals surface area contributed by atoms with Gasteiger partial charge < -0.3 is 5.11 Å². The summed E-state index contributed by atoms with van der Waals surface area (Å²) in [5.74, 6) is -1.27. The van der Waals surface area contributed by atoms with Crippen molar-refractivity contribution in [2.45, 2.75) is 11.8 Å². The summed E-state index contributed by atoms with van der Waals surface area (Å²) in [6, 6.07) is 4.41. The van der Waals surface area contributed by atoms with Gasteiger partial charge in [-0.15, -0.1) is 11.3 Å². The van der Waals surface area contributed by atoms with Gasteiger partial charge in [0.25, 0.3) is 10.0 Å². The maximum Gasteiger partial charge on any atom is 0.347 e. The molecular formula is C11H9BrN2O4S2. The van der Waals surface area contributed by atoms with Crippen molar-refractivity contribution < 1.29 is 18.3 Å². The van der Waals surface area contributed by atoms with Crippen molar-refractivity contribution >= 4 is 48.9 Å². The number of aromatic nitrogens is 1. The molecule has 0 fully saturated rings. The number of rotatable bonds is 4. The summed E-state index contributed by atoms with van der Waals surface area (Å²) in [5.41, 5.74) is 0.783. The number of anilines is 1. The first-order valence-corrected chi connectivity index (χ1v) is 8.43.